The Morgan fingerprint density at radius 1 is 1.50 bits per heavy atom. The summed E-state index contributed by atoms with van der Waals surface area (Å²) in [6, 6.07) is 0. The quantitative estimate of drug-likeness (QED) is 0.845. The van der Waals surface area contributed by atoms with Crippen molar-refractivity contribution in [2.24, 2.45) is 5.92 Å². The Morgan fingerprint density at radius 3 is 2.83 bits per heavy atom. The summed E-state index contributed by atoms with van der Waals surface area (Å²) in [7, 11) is 0. The first-order chi connectivity index (χ1) is 8.54. The molecule has 0 aromatic carbocycles. The molecule has 0 amide bonds. The van der Waals surface area contributed by atoms with E-state index in [0.717, 1.165) is 18.2 Å². The lowest BCUT2D eigenvalue weighted by molar-refractivity contribution is 0.207. The predicted molar refractivity (Wildman–Crippen MR) is 79.5 cm³/mol. The van der Waals surface area contributed by atoms with Crippen LogP contribution < -0.4 is 5.32 Å². The number of hydrogen-bond donors (Lipinski definition) is 1. The lowest BCUT2D eigenvalue weighted by Crippen LogP contribution is -2.49. The van der Waals surface area contributed by atoms with Crippen molar-refractivity contribution in [2.45, 2.75) is 58.5 Å². The third kappa shape index (κ3) is 3.25. The van der Waals surface area contributed by atoms with Gasteiger partial charge in [-0.1, -0.05) is 19.8 Å². The van der Waals surface area contributed by atoms with Gasteiger partial charge in [-0.25, -0.2) is 4.98 Å². The van der Waals surface area contributed by atoms with Crippen molar-refractivity contribution in [3.8, 4) is 0 Å². The van der Waals surface area contributed by atoms with E-state index in [1.54, 1.807) is 11.3 Å². The molecule has 1 aliphatic carbocycles. The van der Waals surface area contributed by atoms with Gasteiger partial charge in [0.05, 0.1) is 5.69 Å². The van der Waals surface area contributed by atoms with Gasteiger partial charge in [0.25, 0.3) is 0 Å². The molecule has 1 aliphatic rings. The third-order valence-electron chi connectivity index (χ3n) is 4.03. The van der Waals surface area contributed by atoms with Gasteiger partial charge in [0.15, 0.2) is 0 Å². The molecule has 0 spiro atoms. The number of nitrogens with zero attached hydrogens (tertiary/aromatic N) is 1. The summed E-state index contributed by atoms with van der Waals surface area (Å²) in [5.74, 6) is 1.49. The molecule has 0 saturated heterocycles. The van der Waals surface area contributed by atoms with Gasteiger partial charge in [-0.3, -0.25) is 0 Å². The molecule has 1 aromatic heterocycles. The van der Waals surface area contributed by atoms with Crippen LogP contribution in [0, 0.1) is 19.8 Å². The van der Waals surface area contributed by atoms with Gasteiger partial charge in [-0.15, -0.1) is 22.9 Å². The van der Waals surface area contributed by atoms with Crippen LogP contribution in [0.25, 0.3) is 0 Å². The molecule has 1 N–H and O–H groups in total. The van der Waals surface area contributed by atoms with Crippen molar-refractivity contribution >= 4 is 22.9 Å². The number of aryl methyl sites for hydroxylation is 2. The first-order valence-electron chi connectivity index (χ1n) is 6.78. The minimum absolute atomic E-state index is 0.132. The summed E-state index contributed by atoms with van der Waals surface area (Å²) < 4.78 is 0. The van der Waals surface area contributed by atoms with Gasteiger partial charge in [0, 0.05) is 22.8 Å². The molecule has 102 valence electrons. The van der Waals surface area contributed by atoms with Crippen LogP contribution in [0.5, 0.6) is 0 Å². The predicted octanol–water partition coefficient (Wildman–Crippen LogP) is 4.04. The topological polar surface area (TPSA) is 24.9 Å². The number of hydrogen-bond acceptors (Lipinski definition) is 3. The van der Waals surface area contributed by atoms with Crippen molar-refractivity contribution in [1.82, 2.24) is 10.3 Å². The van der Waals surface area contributed by atoms with Crippen LogP contribution >= 0.6 is 22.9 Å². The highest BCUT2D eigenvalue weighted by atomic mass is 35.5. The first kappa shape index (κ1) is 14.3. The monoisotopic (exact) mass is 286 g/mol. The van der Waals surface area contributed by atoms with Gasteiger partial charge in [0.2, 0.25) is 0 Å². The zero-order chi connectivity index (χ0) is 13.2. The fourth-order valence-electron chi connectivity index (χ4n) is 2.87. The fourth-order valence-corrected chi connectivity index (χ4v) is 4.08. The van der Waals surface area contributed by atoms with Gasteiger partial charge in [0.1, 0.15) is 5.01 Å². The second-order valence-electron chi connectivity index (χ2n) is 5.72. The number of nitrogens with one attached hydrogen (secondary N) is 1. The number of halogens is 1. The van der Waals surface area contributed by atoms with Crippen molar-refractivity contribution in [3.63, 3.8) is 0 Å². The molecule has 18 heavy (non-hydrogen) atoms. The largest absolute Gasteiger partial charge is 0.304 e. The first-order valence-corrected chi connectivity index (χ1v) is 8.14. The van der Waals surface area contributed by atoms with Gasteiger partial charge in [-0.2, -0.15) is 0 Å². The Morgan fingerprint density at radius 2 is 2.28 bits per heavy atom. The maximum Gasteiger partial charge on any atom is 0.107 e. The second-order valence-corrected chi connectivity index (χ2v) is 7.27. The summed E-state index contributed by atoms with van der Waals surface area (Å²) in [4.78, 5) is 5.91. The molecule has 0 aliphatic heterocycles. The van der Waals surface area contributed by atoms with E-state index >= 15 is 0 Å². The van der Waals surface area contributed by atoms with Crippen LogP contribution in [-0.4, -0.2) is 16.4 Å². The van der Waals surface area contributed by atoms with Crippen LogP contribution in [0.15, 0.2) is 0 Å². The molecular weight excluding hydrogens is 264 g/mol. The molecule has 4 heteroatoms. The van der Waals surface area contributed by atoms with Crippen LogP contribution in [-0.2, 0) is 6.54 Å². The van der Waals surface area contributed by atoms with Crippen LogP contribution in [0.4, 0.5) is 0 Å². The zero-order valence-electron chi connectivity index (χ0n) is 11.6. The summed E-state index contributed by atoms with van der Waals surface area (Å²) in [5.41, 5.74) is 1.29. The molecule has 2 rings (SSSR count). The highest BCUT2D eigenvalue weighted by Crippen LogP contribution is 2.33. The molecule has 1 aromatic rings. The Balaban J connectivity index is 1.98. The maximum absolute atomic E-state index is 6.23. The Bertz CT molecular complexity index is 385. The average molecular weight is 287 g/mol. The summed E-state index contributed by atoms with van der Waals surface area (Å²) in [6.45, 7) is 7.41. The number of aromatic nitrogens is 1. The molecule has 1 heterocycles. The Labute approximate surface area is 119 Å². The highest BCUT2D eigenvalue weighted by Gasteiger charge is 2.33. The minimum Gasteiger partial charge on any atom is -0.304 e. The number of rotatable bonds is 4. The van der Waals surface area contributed by atoms with Crippen molar-refractivity contribution in [2.75, 3.05) is 5.88 Å². The summed E-state index contributed by atoms with van der Waals surface area (Å²) >= 11 is 8.02. The Hall–Kier alpha value is -0.120. The second kappa shape index (κ2) is 5.89. The van der Waals surface area contributed by atoms with E-state index < -0.39 is 0 Å². The van der Waals surface area contributed by atoms with Crippen LogP contribution in [0.3, 0.4) is 0 Å². The maximum atomic E-state index is 6.23. The lowest BCUT2D eigenvalue weighted by atomic mass is 9.77. The average Bonchev–Trinajstić information content (AvgIpc) is 2.67. The molecule has 1 saturated carbocycles. The standard InChI is InChI=1S/C14H23ClN2S/c1-10-5-4-6-14(7-10,9-15)16-8-13-17-11(2)12(3)18-13/h10,16H,4-9H2,1-3H3. The van der Waals surface area contributed by atoms with Gasteiger partial charge in [-0.05, 0) is 32.6 Å². The lowest BCUT2D eigenvalue weighted by Gasteiger charge is -2.39. The van der Waals surface area contributed by atoms with Gasteiger partial charge >= 0.3 is 0 Å². The van der Waals surface area contributed by atoms with Crippen molar-refractivity contribution < 1.29 is 0 Å². The molecule has 0 bridgehead atoms. The van der Waals surface area contributed by atoms with Gasteiger partial charge < -0.3 is 5.32 Å². The molecule has 2 unspecified atom stereocenters. The number of alkyl halides is 1. The van der Waals surface area contributed by atoms with Crippen LogP contribution in [0.1, 0.15) is 48.2 Å². The fraction of sp³-hybridized carbons (Fsp3) is 0.786. The van der Waals surface area contributed by atoms with E-state index in [2.05, 4.69) is 31.1 Å². The molecule has 2 nitrogen and oxygen atoms in total. The molecule has 1 fully saturated rings. The third-order valence-corrected chi connectivity index (χ3v) is 5.62. The Kier molecular flexibility index (Phi) is 4.68. The van der Waals surface area contributed by atoms with Crippen LogP contribution in [0.2, 0.25) is 0 Å². The number of thiazole rings is 1. The van der Waals surface area contributed by atoms with E-state index in [1.807, 2.05) is 0 Å². The van der Waals surface area contributed by atoms with E-state index in [-0.39, 0.29) is 5.54 Å². The van der Waals surface area contributed by atoms with E-state index in [0.29, 0.717) is 5.88 Å². The summed E-state index contributed by atoms with van der Waals surface area (Å²) in [5, 5.41) is 4.88. The van der Waals surface area contributed by atoms with E-state index in [9.17, 15) is 0 Å². The molecular formula is C14H23ClN2S. The smallest absolute Gasteiger partial charge is 0.107 e. The van der Waals surface area contributed by atoms with Crippen molar-refractivity contribution in [3.05, 3.63) is 15.6 Å². The summed E-state index contributed by atoms with van der Waals surface area (Å²) in [6.07, 6.45) is 5.02. The molecule has 0 radical (unpaired) electrons. The van der Waals surface area contributed by atoms with Crippen molar-refractivity contribution in [1.29, 1.82) is 0 Å². The van der Waals surface area contributed by atoms with E-state index in [1.165, 1.54) is 35.6 Å². The minimum atomic E-state index is 0.132. The highest BCUT2D eigenvalue weighted by molar-refractivity contribution is 7.11. The molecule has 2 atom stereocenters. The normalized spacial score (nSPS) is 28.6. The zero-order valence-corrected chi connectivity index (χ0v) is 13.1. The SMILES string of the molecule is Cc1nc(CNC2(CCl)CCCC(C)C2)sc1C. The van der Waals surface area contributed by atoms with E-state index in [4.69, 9.17) is 11.6 Å².